The largest absolute Gasteiger partial charge is 0.298 e. The van der Waals surface area contributed by atoms with E-state index in [0.717, 1.165) is 25.9 Å². The Labute approximate surface area is 99.4 Å². The number of ketones is 1. The number of nitrogens with zero attached hydrogens (tertiary/aromatic N) is 1. The van der Waals surface area contributed by atoms with Gasteiger partial charge in [-0.05, 0) is 32.2 Å². The van der Waals surface area contributed by atoms with Gasteiger partial charge in [0.2, 0.25) is 0 Å². The highest BCUT2D eigenvalue weighted by atomic mass is 16.1. The van der Waals surface area contributed by atoms with Crippen molar-refractivity contribution in [1.82, 2.24) is 4.90 Å². The molecule has 2 fully saturated rings. The molecule has 0 N–H and O–H groups in total. The SMILES string of the molecule is CCN(CC(=O)C1CCCC1)C1CCCC1. The summed E-state index contributed by atoms with van der Waals surface area (Å²) in [6, 6.07) is 0.704. The average Bonchev–Trinajstić information content (AvgIpc) is 2.96. The maximum absolute atomic E-state index is 12.1. The molecule has 2 nitrogen and oxygen atoms in total. The lowest BCUT2D eigenvalue weighted by Gasteiger charge is -2.27. The number of carbonyl (C=O) groups excluding carboxylic acids is 1. The van der Waals surface area contributed by atoms with Crippen LogP contribution in [-0.2, 0) is 4.79 Å². The monoisotopic (exact) mass is 223 g/mol. The average molecular weight is 223 g/mol. The van der Waals surface area contributed by atoms with Gasteiger partial charge in [-0.15, -0.1) is 0 Å². The third-order valence-corrected chi connectivity index (χ3v) is 4.42. The lowest BCUT2D eigenvalue weighted by molar-refractivity contribution is -0.124. The van der Waals surface area contributed by atoms with E-state index < -0.39 is 0 Å². The molecule has 0 aliphatic heterocycles. The van der Waals surface area contributed by atoms with E-state index in [2.05, 4.69) is 11.8 Å². The van der Waals surface area contributed by atoms with Crippen molar-refractivity contribution in [1.29, 1.82) is 0 Å². The van der Waals surface area contributed by atoms with Crippen molar-refractivity contribution in [3.63, 3.8) is 0 Å². The van der Waals surface area contributed by atoms with Gasteiger partial charge in [-0.25, -0.2) is 0 Å². The number of carbonyl (C=O) groups is 1. The van der Waals surface area contributed by atoms with Crippen LogP contribution in [0.5, 0.6) is 0 Å². The number of likely N-dealkylation sites (N-methyl/N-ethyl adjacent to an activating group) is 1. The van der Waals surface area contributed by atoms with Crippen molar-refractivity contribution < 1.29 is 4.79 Å². The molecular weight excluding hydrogens is 198 g/mol. The van der Waals surface area contributed by atoms with Crippen LogP contribution >= 0.6 is 0 Å². The molecule has 92 valence electrons. The third-order valence-electron chi connectivity index (χ3n) is 4.42. The van der Waals surface area contributed by atoms with Gasteiger partial charge in [0.25, 0.3) is 0 Å². The molecule has 0 aromatic rings. The molecule has 0 bridgehead atoms. The number of Topliss-reactive ketones (excluding diaryl/α,β-unsaturated/α-hetero) is 1. The van der Waals surface area contributed by atoms with Crippen LogP contribution in [0.2, 0.25) is 0 Å². The minimum absolute atomic E-state index is 0.399. The zero-order chi connectivity index (χ0) is 11.4. The molecule has 0 radical (unpaired) electrons. The Hall–Kier alpha value is -0.370. The molecule has 16 heavy (non-hydrogen) atoms. The van der Waals surface area contributed by atoms with Gasteiger partial charge in [0.15, 0.2) is 0 Å². The number of hydrogen-bond donors (Lipinski definition) is 0. The van der Waals surface area contributed by atoms with Gasteiger partial charge in [-0.2, -0.15) is 0 Å². The fourth-order valence-corrected chi connectivity index (χ4v) is 3.35. The maximum Gasteiger partial charge on any atom is 0.149 e. The van der Waals surface area contributed by atoms with E-state index in [1.165, 1.54) is 38.5 Å². The van der Waals surface area contributed by atoms with E-state index in [-0.39, 0.29) is 0 Å². The van der Waals surface area contributed by atoms with Crippen LogP contribution in [0.15, 0.2) is 0 Å². The highest BCUT2D eigenvalue weighted by Gasteiger charge is 2.27. The summed E-state index contributed by atoms with van der Waals surface area (Å²) in [5.41, 5.74) is 0. The molecule has 0 heterocycles. The molecule has 2 heteroatoms. The van der Waals surface area contributed by atoms with Gasteiger partial charge >= 0.3 is 0 Å². The van der Waals surface area contributed by atoms with Crippen molar-refractivity contribution in [3.05, 3.63) is 0 Å². The van der Waals surface area contributed by atoms with Gasteiger partial charge in [-0.3, -0.25) is 9.69 Å². The predicted octanol–water partition coefficient (Wildman–Crippen LogP) is 3.01. The van der Waals surface area contributed by atoms with Gasteiger partial charge < -0.3 is 0 Å². The summed E-state index contributed by atoms with van der Waals surface area (Å²) < 4.78 is 0. The Morgan fingerprint density at radius 1 is 1.06 bits per heavy atom. The Morgan fingerprint density at radius 3 is 2.19 bits per heavy atom. The Balaban J connectivity index is 1.82. The molecule has 0 aromatic heterocycles. The smallest absolute Gasteiger partial charge is 0.149 e. The van der Waals surface area contributed by atoms with E-state index in [0.29, 0.717) is 17.7 Å². The summed E-state index contributed by atoms with van der Waals surface area (Å²) in [7, 11) is 0. The Bertz CT molecular complexity index is 227. The summed E-state index contributed by atoms with van der Waals surface area (Å²) in [5.74, 6) is 0.918. The topological polar surface area (TPSA) is 20.3 Å². The Kier molecular flexibility index (Phi) is 4.39. The van der Waals surface area contributed by atoms with Crippen LogP contribution in [0.4, 0.5) is 0 Å². The Morgan fingerprint density at radius 2 is 1.62 bits per heavy atom. The normalized spacial score (nSPS) is 23.4. The molecule has 0 unspecified atom stereocenters. The first-order valence-corrected chi connectivity index (χ1v) is 7.08. The van der Waals surface area contributed by atoms with Crippen molar-refractivity contribution >= 4 is 5.78 Å². The van der Waals surface area contributed by atoms with E-state index in [9.17, 15) is 4.79 Å². The molecule has 0 aromatic carbocycles. The quantitative estimate of drug-likeness (QED) is 0.714. The second-order valence-corrected chi connectivity index (χ2v) is 5.45. The van der Waals surface area contributed by atoms with Crippen LogP contribution < -0.4 is 0 Å². The van der Waals surface area contributed by atoms with Gasteiger partial charge in [0.1, 0.15) is 5.78 Å². The minimum atomic E-state index is 0.399. The lowest BCUT2D eigenvalue weighted by atomic mass is 10.0. The van der Waals surface area contributed by atoms with Crippen molar-refractivity contribution in [3.8, 4) is 0 Å². The molecule has 0 saturated heterocycles. The maximum atomic E-state index is 12.1. The van der Waals surface area contributed by atoms with Gasteiger partial charge in [0, 0.05) is 12.0 Å². The van der Waals surface area contributed by atoms with Crippen molar-refractivity contribution in [2.24, 2.45) is 5.92 Å². The van der Waals surface area contributed by atoms with E-state index in [4.69, 9.17) is 0 Å². The zero-order valence-corrected chi connectivity index (χ0v) is 10.6. The second kappa shape index (κ2) is 5.81. The third kappa shape index (κ3) is 2.85. The van der Waals surface area contributed by atoms with Crippen LogP contribution in [-0.4, -0.2) is 29.8 Å². The van der Waals surface area contributed by atoms with Crippen molar-refractivity contribution in [2.45, 2.75) is 64.3 Å². The van der Waals surface area contributed by atoms with Crippen LogP contribution in [0, 0.1) is 5.92 Å². The fourth-order valence-electron chi connectivity index (χ4n) is 3.35. The molecule has 0 amide bonds. The second-order valence-electron chi connectivity index (χ2n) is 5.45. The molecule has 2 saturated carbocycles. The van der Waals surface area contributed by atoms with E-state index in [1.807, 2.05) is 0 Å². The molecule has 2 aliphatic carbocycles. The molecule has 0 spiro atoms. The highest BCUT2D eigenvalue weighted by Crippen LogP contribution is 2.27. The van der Waals surface area contributed by atoms with E-state index in [1.54, 1.807) is 0 Å². The first-order valence-electron chi connectivity index (χ1n) is 7.08. The lowest BCUT2D eigenvalue weighted by Crippen LogP contribution is -2.39. The first kappa shape index (κ1) is 12.1. The summed E-state index contributed by atoms with van der Waals surface area (Å²) in [6.45, 7) is 3.97. The summed E-state index contributed by atoms with van der Waals surface area (Å²) in [4.78, 5) is 14.6. The summed E-state index contributed by atoms with van der Waals surface area (Å²) in [5, 5.41) is 0. The molecule has 2 rings (SSSR count). The standard InChI is InChI=1S/C14H25NO/c1-2-15(13-9-5-6-10-13)11-14(16)12-7-3-4-8-12/h12-13H,2-11H2,1H3. The molecule has 2 aliphatic rings. The zero-order valence-electron chi connectivity index (χ0n) is 10.6. The predicted molar refractivity (Wildman–Crippen MR) is 66.5 cm³/mol. The van der Waals surface area contributed by atoms with Crippen LogP contribution in [0.3, 0.4) is 0 Å². The number of hydrogen-bond acceptors (Lipinski definition) is 2. The first-order chi connectivity index (χ1) is 7.81. The number of rotatable bonds is 5. The van der Waals surface area contributed by atoms with Gasteiger partial charge in [-0.1, -0.05) is 32.6 Å². The molecule has 0 atom stereocenters. The fraction of sp³-hybridized carbons (Fsp3) is 0.929. The van der Waals surface area contributed by atoms with E-state index >= 15 is 0 Å². The summed E-state index contributed by atoms with van der Waals surface area (Å²) in [6.07, 6.45) is 10.2. The van der Waals surface area contributed by atoms with Crippen LogP contribution in [0.25, 0.3) is 0 Å². The highest BCUT2D eigenvalue weighted by molar-refractivity contribution is 5.83. The summed E-state index contributed by atoms with van der Waals surface area (Å²) >= 11 is 0. The van der Waals surface area contributed by atoms with Crippen molar-refractivity contribution in [2.75, 3.05) is 13.1 Å². The van der Waals surface area contributed by atoms with Gasteiger partial charge in [0.05, 0.1) is 6.54 Å². The van der Waals surface area contributed by atoms with Crippen LogP contribution in [0.1, 0.15) is 58.3 Å². The minimum Gasteiger partial charge on any atom is -0.298 e. The molecular formula is C14H25NO.